The number of primary amides is 1. The summed E-state index contributed by atoms with van der Waals surface area (Å²) in [4.78, 5) is 13.4. The highest BCUT2D eigenvalue weighted by molar-refractivity contribution is 5.79. The molecule has 0 bridgehead atoms. The van der Waals surface area contributed by atoms with E-state index in [4.69, 9.17) is 5.73 Å². The van der Waals surface area contributed by atoms with Crippen LogP contribution < -0.4 is 11.1 Å². The van der Waals surface area contributed by atoms with Crippen molar-refractivity contribution < 1.29 is 4.79 Å². The number of carbonyl (C=O) groups excluding carboxylic acids is 1. The summed E-state index contributed by atoms with van der Waals surface area (Å²) in [6, 6.07) is -0.188. The molecule has 0 saturated carbocycles. The van der Waals surface area contributed by atoms with E-state index in [0.717, 1.165) is 32.0 Å². The minimum absolute atomic E-state index is 0.188. The van der Waals surface area contributed by atoms with Gasteiger partial charge in [0.2, 0.25) is 5.91 Å². The summed E-state index contributed by atoms with van der Waals surface area (Å²) >= 11 is 0. The molecule has 1 atom stereocenters. The van der Waals surface area contributed by atoms with Crippen LogP contribution in [0.5, 0.6) is 0 Å². The van der Waals surface area contributed by atoms with Crippen LogP contribution in [0.3, 0.4) is 0 Å². The molecule has 0 aliphatic heterocycles. The quantitative estimate of drug-likeness (QED) is 0.615. The Kier molecular flexibility index (Phi) is 8.21. The van der Waals surface area contributed by atoms with E-state index in [1.807, 2.05) is 6.92 Å². The highest BCUT2D eigenvalue weighted by Gasteiger charge is 2.14. The van der Waals surface area contributed by atoms with Crippen LogP contribution in [0.4, 0.5) is 0 Å². The zero-order chi connectivity index (χ0) is 12.6. The smallest absolute Gasteiger partial charge is 0.234 e. The Labute approximate surface area is 99.6 Å². The number of likely N-dealkylation sites (N-methyl/N-ethyl adjacent to an activating group) is 1. The van der Waals surface area contributed by atoms with Gasteiger partial charge in [-0.3, -0.25) is 4.79 Å². The van der Waals surface area contributed by atoms with Gasteiger partial charge in [0, 0.05) is 0 Å². The summed E-state index contributed by atoms with van der Waals surface area (Å²) in [7, 11) is 2.09. The summed E-state index contributed by atoms with van der Waals surface area (Å²) in [5, 5.41) is 3.10. The van der Waals surface area contributed by atoms with Gasteiger partial charge in [0.25, 0.3) is 0 Å². The Balaban J connectivity index is 3.77. The Morgan fingerprint density at radius 1 is 1.31 bits per heavy atom. The first-order valence-corrected chi connectivity index (χ1v) is 6.18. The van der Waals surface area contributed by atoms with Gasteiger partial charge in [0.15, 0.2) is 0 Å². The van der Waals surface area contributed by atoms with E-state index < -0.39 is 0 Å². The molecule has 1 amide bonds. The van der Waals surface area contributed by atoms with E-state index in [1.165, 1.54) is 6.42 Å². The Morgan fingerprint density at radius 2 is 1.88 bits per heavy atom. The fourth-order valence-electron chi connectivity index (χ4n) is 1.53. The number of hydrogen-bond donors (Lipinski definition) is 2. The van der Waals surface area contributed by atoms with Crippen LogP contribution >= 0.6 is 0 Å². The molecule has 0 heterocycles. The SMILES string of the molecule is CCNC(CCN(C)CCC(C)C)C(N)=O. The Hall–Kier alpha value is -0.610. The number of carbonyl (C=O) groups is 1. The van der Waals surface area contributed by atoms with Crippen molar-refractivity contribution in [2.24, 2.45) is 11.7 Å². The van der Waals surface area contributed by atoms with Crippen molar-refractivity contribution >= 4 is 5.91 Å². The molecule has 0 rings (SSSR count). The monoisotopic (exact) mass is 229 g/mol. The average Bonchev–Trinajstić information content (AvgIpc) is 2.20. The largest absolute Gasteiger partial charge is 0.368 e. The van der Waals surface area contributed by atoms with E-state index in [0.29, 0.717) is 0 Å². The molecule has 0 aliphatic rings. The molecule has 0 aliphatic carbocycles. The first-order valence-electron chi connectivity index (χ1n) is 6.18. The standard InChI is InChI=1S/C12H27N3O/c1-5-14-11(12(13)16)7-9-15(4)8-6-10(2)3/h10-11,14H,5-9H2,1-4H3,(H2,13,16). The lowest BCUT2D eigenvalue weighted by molar-refractivity contribution is -0.120. The molecule has 0 aromatic carbocycles. The summed E-state index contributed by atoms with van der Waals surface area (Å²) in [5.74, 6) is 0.474. The molecule has 0 radical (unpaired) electrons. The predicted octanol–water partition coefficient (Wildman–Crippen LogP) is 0.818. The van der Waals surface area contributed by atoms with Crippen molar-refractivity contribution in [3.05, 3.63) is 0 Å². The van der Waals surface area contributed by atoms with Gasteiger partial charge in [-0.2, -0.15) is 0 Å². The lowest BCUT2D eigenvalue weighted by atomic mass is 10.1. The molecule has 0 saturated heterocycles. The normalized spacial score (nSPS) is 13.4. The predicted molar refractivity (Wildman–Crippen MR) is 68.2 cm³/mol. The second-order valence-electron chi connectivity index (χ2n) is 4.79. The van der Waals surface area contributed by atoms with Crippen LogP contribution in [0, 0.1) is 5.92 Å². The molecule has 0 aromatic rings. The van der Waals surface area contributed by atoms with Crippen LogP contribution in [-0.2, 0) is 4.79 Å². The van der Waals surface area contributed by atoms with Gasteiger partial charge in [0.1, 0.15) is 0 Å². The van der Waals surface area contributed by atoms with Crippen molar-refractivity contribution in [1.82, 2.24) is 10.2 Å². The summed E-state index contributed by atoms with van der Waals surface area (Å²) in [6.07, 6.45) is 1.98. The molecular weight excluding hydrogens is 202 g/mol. The maximum atomic E-state index is 11.1. The number of hydrogen-bond acceptors (Lipinski definition) is 3. The third-order valence-electron chi connectivity index (χ3n) is 2.68. The zero-order valence-electron chi connectivity index (χ0n) is 11.1. The second kappa shape index (κ2) is 8.53. The molecule has 96 valence electrons. The van der Waals surface area contributed by atoms with E-state index in [2.05, 4.69) is 31.1 Å². The third kappa shape index (κ3) is 7.65. The fraction of sp³-hybridized carbons (Fsp3) is 0.917. The van der Waals surface area contributed by atoms with E-state index in [1.54, 1.807) is 0 Å². The molecule has 16 heavy (non-hydrogen) atoms. The van der Waals surface area contributed by atoms with Crippen LogP contribution in [0.25, 0.3) is 0 Å². The molecule has 3 N–H and O–H groups in total. The molecule has 4 heteroatoms. The van der Waals surface area contributed by atoms with Crippen molar-refractivity contribution in [2.45, 2.75) is 39.7 Å². The lowest BCUT2D eigenvalue weighted by Crippen LogP contribution is -2.43. The summed E-state index contributed by atoms with van der Waals surface area (Å²) in [6.45, 7) is 9.20. The van der Waals surface area contributed by atoms with Crippen molar-refractivity contribution in [3.8, 4) is 0 Å². The molecule has 1 unspecified atom stereocenters. The van der Waals surface area contributed by atoms with E-state index >= 15 is 0 Å². The fourth-order valence-corrected chi connectivity index (χ4v) is 1.53. The Bertz CT molecular complexity index is 195. The van der Waals surface area contributed by atoms with Gasteiger partial charge < -0.3 is 16.0 Å². The van der Waals surface area contributed by atoms with Crippen LogP contribution in [0.15, 0.2) is 0 Å². The molecule has 0 fully saturated rings. The molecule has 0 aromatic heterocycles. The number of nitrogens with two attached hydrogens (primary N) is 1. The number of rotatable bonds is 9. The van der Waals surface area contributed by atoms with Gasteiger partial charge in [-0.15, -0.1) is 0 Å². The maximum absolute atomic E-state index is 11.1. The first kappa shape index (κ1) is 15.4. The van der Waals surface area contributed by atoms with Crippen molar-refractivity contribution in [3.63, 3.8) is 0 Å². The van der Waals surface area contributed by atoms with Gasteiger partial charge in [-0.05, 0) is 45.4 Å². The van der Waals surface area contributed by atoms with Gasteiger partial charge in [-0.25, -0.2) is 0 Å². The van der Waals surface area contributed by atoms with Crippen molar-refractivity contribution in [2.75, 3.05) is 26.7 Å². The second-order valence-corrected chi connectivity index (χ2v) is 4.79. The minimum Gasteiger partial charge on any atom is -0.368 e. The average molecular weight is 229 g/mol. The topological polar surface area (TPSA) is 58.4 Å². The molecule has 4 nitrogen and oxygen atoms in total. The first-order chi connectivity index (χ1) is 7.47. The van der Waals surface area contributed by atoms with Crippen LogP contribution in [-0.4, -0.2) is 43.5 Å². The van der Waals surface area contributed by atoms with Crippen LogP contribution in [0.2, 0.25) is 0 Å². The van der Waals surface area contributed by atoms with Gasteiger partial charge >= 0.3 is 0 Å². The van der Waals surface area contributed by atoms with Crippen LogP contribution in [0.1, 0.15) is 33.6 Å². The number of nitrogens with zero attached hydrogens (tertiary/aromatic N) is 1. The summed E-state index contributed by atoms with van der Waals surface area (Å²) in [5.41, 5.74) is 5.31. The highest BCUT2D eigenvalue weighted by Crippen LogP contribution is 2.02. The molecular formula is C12H27N3O. The van der Waals surface area contributed by atoms with E-state index in [-0.39, 0.29) is 11.9 Å². The Morgan fingerprint density at radius 3 is 2.31 bits per heavy atom. The number of nitrogens with one attached hydrogen (secondary N) is 1. The number of amides is 1. The molecule has 0 spiro atoms. The minimum atomic E-state index is -0.251. The third-order valence-corrected chi connectivity index (χ3v) is 2.68. The lowest BCUT2D eigenvalue weighted by Gasteiger charge is -2.21. The summed E-state index contributed by atoms with van der Waals surface area (Å²) < 4.78 is 0. The highest BCUT2D eigenvalue weighted by atomic mass is 16.1. The van der Waals surface area contributed by atoms with E-state index in [9.17, 15) is 4.79 Å². The van der Waals surface area contributed by atoms with Gasteiger partial charge in [0.05, 0.1) is 6.04 Å². The zero-order valence-corrected chi connectivity index (χ0v) is 11.1. The van der Waals surface area contributed by atoms with Gasteiger partial charge in [-0.1, -0.05) is 20.8 Å². The maximum Gasteiger partial charge on any atom is 0.234 e. The van der Waals surface area contributed by atoms with Crippen molar-refractivity contribution in [1.29, 1.82) is 0 Å².